The van der Waals surface area contributed by atoms with Gasteiger partial charge in [-0.1, -0.05) is 70.5 Å². The number of thioether (sulfide) groups is 1. The molecule has 0 atom stereocenters. The number of rotatable bonds is 12. The number of unbranched alkanes of at least 4 members (excludes halogenated alkanes) is 3. The molecule has 1 aromatic carbocycles. The predicted molar refractivity (Wildman–Crippen MR) is 133 cm³/mol. The highest BCUT2D eigenvalue weighted by Crippen LogP contribution is 2.36. The van der Waals surface area contributed by atoms with Gasteiger partial charge in [0.2, 0.25) is 0 Å². The van der Waals surface area contributed by atoms with Gasteiger partial charge in [0, 0.05) is 23.2 Å². The third kappa shape index (κ3) is 6.71. The fourth-order valence-corrected chi connectivity index (χ4v) is 4.56. The number of hydrogen-bond donors (Lipinski definition) is 0. The molecule has 0 bridgehead atoms. The molecule has 0 unspecified atom stereocenters. The zero-order valence-electron chi connectivity index (χ0n) is 20.4. The highest BCUT2D eigenvalue weighted by atomic mass is 32.2. The van der Waals surface area contributed by atoms with Crippen LogP contribution in [-0.2, 0) is 9.53 Å². The molecule has 2 aromatic rings. The highest BCUT2D eigenvalue weighted by Gasteiger charge is 2.41. The van der Waals surface area contributed by atoms with Gasteiger partial charge in [0.15, 0.2) is 5.16 Å². The number of para-hydroxylation sites is 1. The molecule has 0 fully saturated rings. The van der Waals surface area contributed by atoms with Crippen LogP contribution in [0, 0.1) is 24.2 Å². The molecule has 6 heteroatoms. The highest BCUT2D eigenvalue weighted by molar-refractivity contribution is 7.99. The van der Waals surface area contributed by atoms with E-state index < -0.39 is 5.41 Å². The van der Waals surface area contributed by atoms with Gasteiger partial charge in [0.25, 0.3) is 5.56 Å². The number of aromatic nitrogens is 2. The molecule has 0 radical (unpaired) electrons. The van der Waals surface area contributed by atoms with Crippen LogP contribution in [0.15, 0.2) is 46.5 Å². The van der Waals surface area contributed by atoms with E-state index in [2.05, 4.69) is 32.7 Å². The van der Waals surface area contributed by atoms with Crippen molar-refractivity contribution in [2.75, 3.05) is 12.4 Å². The molecule has 0 aliphatic heterocycles. The summed E-state index contributed by atoms with van der Waals surface area (Å²) in [4.78, 5) is 28.9. The second kappa shape index (κ2) is 12.2. The average molecular weight is 459 g/mol. The van der Waals surface area contributed by atoms with Crippen LogP contribution < -0.4 is 5.56 Å². The van der Waals surface area contributed by atoms with E-state index in [1.165, 1.54) is 0 Å². The summed E-state index contributed by atoms with van der Waals surface area (Å²) in [7, 11) is 0. The molecule has 0 N–H and O–H groups in total. The molecule has 1 aromatic heterocycles. The predicted octanol–water partition coefficient (Wildman–Crippen LogP) is 6.05. The Kier molecular flexibility index (Phi) is 10.0. The van der Waals surface area contributed by atoms with Crippen molar-refractivity contribution >= 4 is 17.7 Å². The van der Waals surface area contributed by atoms with Crippen molar-refractivity contribution in [3.63, 3.8) is 0 Å². The van der Waals surface area contributed by atoms with E-state index in [0.29, 0.717) is 12.2 Å². The van der Waals surface area contributed by atoms with Gasteiger partial charge in [-0.05, 0) is 50.7 Å². The SMILES string of the molecule is Cc1cn(-c2ccccc2)c(SCCCCCCOC(=O)C(C)(C(C)C)C(C)C)nc1=O. The minimum atomic E-state index is -0.438. The Morgan fingerprint density at radius 2 is 1.69 bits per heavy atom. The second-order valence-corrected chi connectivity index (χ2v) is 10.3. The topological polar surface area (TPSA) is 61.2 Å². The van der Waals surface area contributed by atoms with Gasteiger partial charge >= 0.3 is 5.97 Å². The van der Waals surface area contributed by atoms with Crippen molar-refractivity contribution in [3.8, 4) is 5.69 Å². The second-order valence-electron chi connectivity index (χ2n) is 9.21. The molecule has 32 heavy (non-hydrogen) atoms. The fraction of sp³-hybridized carbons (Fsp3) is 0.577. The number of carbonyl (C=O) groups excluding carboxylic acids is 1. The molecular weight excluding hydrogens is 420 g/mol. The molecule has 176 valence electrons. The van der Waals surface area contributed by atoms with Crippen LogP contribution in [0.3, 0.4) is 0 Å². The first kappa shape index (κ1) is 26.2. The number of ether oxygens (including phenoxy) is 1. The number of esters is 1. The lowest BCUT2D eigenvalue weighted by atomic mass is 9.70. The van der Waals surface area contributed by atoms with Crippen LogP contribution in [0.1, 0.15) is 65.9 Å². The van der Waals surface area contributed by atoms with Crippen LogP contribution in [0.25, 0.3) is 5.69 Å². The van der Waals surface area contributed by atoms with Crippen LogP contribution in [0.2, 0.25) is 0 Å². The van der Waals surface area contributed by atoms with Crippen LogP contribution >= 0.6 is 11.8 Å². The Balaban J connectivity index is 1.77. The normalized spacial score (nSPS) is 11.9. The number of nitrogens with zero attached hydrogens (tertiary/aromatic N) is 2. The first-order chi connectivity index (χ1) is 15.2. The molecule has 5 nitrogen and oxygen atoms in total. The molecule has 1 heterocycles. The van der Waals surface area contributed by atoms with Gasteiger partial charge in [0.1, 0.15) is 0 Å². The molecule has 0 saturated heterocycles. The molecule has 0 saturated carbocycles. The molecular formula is C26H38N2O3S. The van der Waals surface area contributed by atoms with Gasteiger partial charge < -0.3 is 4.74 Å². The quantitative estimate of drug-likeness (QED) is 0.168. The Hall–Kier alpha value is -2.08. The lowest BCUT2D eigenvalue weighted by molar-refractivity contribution is -0.161. The first-order valence-electron chi connectivity index (χ1n) is 11.6. The lowest BCUT2D eigenvalue weighted by Gasteiger charge is -2.35. The molecule has 0 amide bonds. The third-order valence-electron chi connectivity index (χ3n) is 6.44. The summed E-state index contributed by atoms with van der Waals surface area (Å²) in [5.41, 5.74) is 1.03. The van der Waals surface area contributed by atoms with Crippen molar-refractivity contribution in [1.29, 1.82) is 0 Å². The van der Waals surface area contributed by atoms with E-state index in [-0.39, 0.29) is 23.4 Å². The minimum absolute atomic E-state index is 0.0811. The zero-order valence-corrected chi connectivity index (χ0v) is 21.2. The van der Waals surface area contributed by atoms with Gasteiger partial charge in [-0.2, -0.15) is 4.98 Å². The third-order valence-corrected chi connectivity index (χ3v) is 7.48. The summed E-state index contributed by atoms with van der Waals surface area (Å²) >= 11 is 1.61. The van der Waals surface area contributed by atoms with Crippen molar-refractivity contribution in [2.24, 2.45) is 17.3 Å². The van der Waals surface area contributed by atoms with Gasteiger partial charge in [-0.25, -0.2) is 0 Å². The van der Waals surface area contributed by atoms with Gasteiger partial charge in [-0.3, -0.25) is 14.2 Å². The maximum Gasteiger partial charge on any atom is 0.312 e. The van der Waals surface area contributed by atoms with E-state index in [1.807, 2.05) is 48.0 Å². The van der Waals surface area contributed by atoms with E-state index in [4.69, 9.17) is 4.74 Å². The smallest absolute Gasteiger partial charge is 0.312 e. The largest absolute Gasteiger partial charge is 0.465 e. The standard InChI is InChI=1S/C26H38N2O3S/c1-19(2)26(6,20(3)4)24(30)31-16-12-7-8-13-17-32-25-27-23(29)21(5)18-28(25)22-14-10-9-11-15-22/h9-11,14-15,18-20H,7-8,12-13,16-17H2,1-6H3. The van der Waals surface area contributed by atoms with Crippen LogP contribution in [0.5, 0.6) is 0 Å². The Labute approximate surface area is 197 Å². The van der Waals surface area contributed by atoms with Gasteiger partial charge in [0.05, 0.1) is 12.0 Å². The van der Waals surface area contributed by atoms with Crippen molar-refractivity contribution in [2.45, 2.75) is 72.4 Å². The number of benzene rings is 1. The van der Waals surface area contributed by atoms with Crippen molar-refractivity contribution < 1.29 is 9.53 Å². The van der Waals surface area contributed by atoms with Crippen LogP contribution in [0.4, 0.5) is 0 Å². The molecule has 0 spiro atoms. The summed E-state index contributed by atoms with van der Waals surface area (Å²) < 4.78 is 7.59. The summed E-state index contributed by atoms with van der Waals surface area (Å²) in [6.45, 7) is 12.6. The minimum Gasteiger partial charge on any atom is -0.465 e. The molecule has 2 rings (SSSR count). The average Bonchev–Trinajstić information content (AvgIpc) is 2.77. The fourth-order valence-electron chi connectivity index (χ4n) is 3.59. The van der Waals surface area contributed by atoms with E-state index >= 15 is 0 Å². The Morgan fingerprint density at radius 1 is 1.06 bits per heavy atom. The van der Waals surface area contributed by atoms with Crippen molar-refractivity contribution in [3.05, 3.63) is 52.4 Å². The van der Waals surface area contributed by atoms with E-state index in [1.54, 1.807) is 18.7 Å². The molecule has 0 aliphatic rings. The number of carbonyl (C=O) groups is 1. The number of hydrogen-bond acceptors (Lipinski definition) is 5. The Bertz CT molecular complexity index is 914. The Morgan fingerprint density at radius 3 is 2.31 bits per heavy atom. The maximum atomic E-state index is 12.6. The summed E-state index contributed by atoms with van der Waals surface area (Å²) in [6.07, 6.45) is 5.83. The monoisotopic (exact) mass is 458 g/mol. The first-order valence-corrected chi connectivity index (χ1v) is 12.6. The summed E-state index contributed by atoms with van der Waals surface area (Å²) in [5, 5.41) is 0.724. The van der Waals surface area contributed by atoms with Gasteiger partial charge in [-0.15, -0.1) is 0 Å². The summed E-state index contributed by atoms with van der Waals surface area (Å²) in [5.74, 6) is 1.30. The lowest BCUT2D eigenvalue weighted by Crippen LogP contribution is -2.39. The maximum absolute atomic E-state index is 12.6. The number of aryl methyl sites for hydroxylation is 1. The van der Waals surface area contributed by atoms with Crippen LogP contribution in [-0.4, -0.2) is 27.9 Å². The van der Waals surface area contributed by atoms with E-state index in [9.17, 15) is 9.59 Å². The zero-order chi connectivity index (χ0) is 23.7. The van der Waals surface area contributed by atoms with E-state index in [0.717, 1.165) is 42.3 Å². The molecule has 0 aliphatic carbocycles. The van der Waals surface area contributed by atoms with Crippen molar-refractivity contribution in [1.82, 2.24) is 9.55 Å². The summed E-state index contributed by atoms with van der Waals surface area (Å²) in [6, 6.07) is 9.97.